The van der Waals surface area contributed by atoms with Crippen molar-refractivity contribution in [3.63, 3.8) is 0 Å². The Morgan fingerprint density at radius 1 is 1.37 bits per heavy atom. The van der Waals surface area contributed by atoms with Crippen LogP contribution in [0.5, 0.6) is 0 Å². The van der Waals surface area contributed by atoms with E-state index in [1.807, 2.05) is 12.1 Å². The molecule has 3 heteroatoms. The minimum absolute atomic E-state index is 0.328. The maximum absolute atomic E-state index is 11.3. The molecule has 0 fully saturated rings. The molecule has 19 heavy (non-hydrogen) atoms. The van der Waals surface area contributed by atoms with Crippen LogP contribution in [0.25, 0.3) is 0 Å². The summed E-state index contributed by atoms with van der Waals surface area (Å²) in [4.78, 5) is 13.8. The highest BCUT2D eigenvalue weighted by molar-refractivity contribution is 5.93. The highest BCUT2D eigenvalue weighted by Gasteiger charge is 2.23. The molecule has 1 unspecified atom stereocenters. The number of fused-ring (bicyclic) bond motifs is 1. The van der Waals surface area contributed by atoms with E-state index in [1.165, 1.54) is 24.0 Å². The fraction of sp³-hybridized carbons (Fsp3) is 0.562. The normalized spacial score (nSPS) is 18.4. The van der Waals surface area contributed by atoms with E-state index in [0.29, 0.717) is 11.6 Å². The molecule has 0 spiro atoms. The first-order valence-corrected chi connectivity index (χ1v) is 7.31. The van der Waals surface area contributed by atoms with E-state index in [2.05, 4.69) is 24.8 Å². The van der Waals surface area contributed by atoms with Gasteiger partial charge in [-0.3, -0.25) is 4.79 Å². The Kier molecular flexibility index (Phi) is 4.59. The van der Waals surface area contributed by atoms with Crippen LogP contribution >= 0.6 is 0 Å². The monoisotopic (exact) mass is 260 g/mol. The summed E-state index contributed by atoms with van der Waals surface area (Å²) < 4.78 is 0. The Morgan fingerprint density at radius 2 is 2.16 bits per heavy atom. The van der Waals surface area contributed by atoms with Gasteiger partial charge in [0, 0.05) is 11.6 Å². The quantitative estimate of drug-likeness (QED) is 0.883. The minimum Gasteiger partial charge on any atom is -0.366 e. The number of nitrogens with zero attached hydrogens (tertiary/aromatic N) is 1. The highest BCUT2D eigenvalue weighted by atomic mass is 16.1. The van der Waals surface area contributed by atoms with Gasteiger partial charge in [-0.2, -0.15) is 0 Å². The molecule has 0 heterocycles. The summed E-state index contributed by atoms with van der Waals surface area (Å²) in [6.07, 6.45) is 4.57. The maximum Gasteiger partial charge on any atom is 0.248 e. The molecule has 2 rings (SSSR count). The Labute approximate surface area is 115 Å². The Morgan fingerprint density at radius 3 is 2.79 bits per heavy atom. The molecule has 0 radical (unpaired) electrons. The van der Waals surface area contributed by atoms with Crippen molar-refractivity contribution in [1.29, 1.82) is 0 Å². The SMILES string of the molecule is CCCN(CC)C1CCc2ccc(C(N)=O)cc2C1. The van der Waals surface area contributed by atoms with Gasteiger partial charge in [-0.1, -0.05) is 19.9 Å². The van der Waals surface area contributed by atoms with E-state index in [-0.39, 0.29) is 5.91 Å². The molecule has 0 aliphatic heterocycles. The average molecular weight is 260 g/mol. The van der Waals surface area contributed by atoms with Crippen LogP contribution < -0.4 is 5.73 Å². The first kappa shape index (κ1) is 14.1. The van der Waals surface area contributed by atoms with E-state index in [9.17, 15) is 4.79 Å². The van der Waals surface area contributed by atoms with Gasteiger partial charge in [0.05, 0.1) is 0 Å². The average Bonchev–Trinajstić information content (AvgIpc) is 2.43. The molecular weight excluding hydrogens is 236 g/mol. The summed E-state index contributed by atoms with van der Waals surface area (Å²) in [6.45, 7) is 6.71. The summed E-state index contributed by atoms with van der Waals surface area (Å²) in [7, 11) is 0. The topological polar surface area (TPSA) is 46.3 Å². The third kappa shape index (κ3) is 3.16. The standard InChI is InChI=1S/C16H24N2O/c1-3-9-18(4-2)15-8-7-12-5-6-13(16(17)19)10-14(12)11-15/h5-6,10,15H,3-4,7-9,11H2,1-2H3,(H2,17,19). The Balaban J connectivity index is 2.17. The van der Waals surface area contributed by atoms with Crippen LogP contribution in [-0.4, -0.2) is 29.9 Å². The Hall–Kier alpha value is -1.35. The first-order valence-electron chi connectivity index (χ1n) is 7.31. The smallest absolute Gasteiger partial charge is 0.248 e. The van der Waals surface area contributed by atoms with Gasteiger partial charge in [0.25, 0.3) is 0 Å². The fourth-order valence-corrected chi connectivity index (χ4v) is 3.09. The maximum atomic E-state index is 11.3. The molecule has 0 aromatic heterocycles. The van der Waals surface area contributed by atoms with Gasteiger partial charge >= 0.3 is 0 Å². The summed E-state index contributed by atoms with van der Waals surface area (Å²) in [5.41, 5.74) is 8.69. The number of rotatable bonds is 5. The second kappa shape index (κ2) is 6.20. The molecule has 2 N–H and O–H groups in total. The first-order chi connectivity index (χ1) is 9.15. The molecular formula is C16H24N2O. The van der Waals surface area contributed by atoms with Gasteiger partial charge in [0.15, 0.2) is 0 Å². The van der Waals surface area contributed by atoms with Crippen LogP contribution in [0, 0.1) is 0 Å². The van der Waals surface area contributed by atoms with Gasteiger partial charge in [-0.15, -0.1) is 0 Å². The largest absolute Gasteiger partial charge is 0.366 e. The van der Waals surface area contributed by atoms with Crippen molar-refractivity contribution in [3.8, 4) is 0 Å². The van der Waals surface area contributed by atoms with Crippen molar-refractivity contribution in [3.05, 3.63) is 34.9 Å². The molecule has 1 aliphatic carbocycles. The zero-order chi connectivity index (χ0) is 13.8. The summed E-state index contributed by atoms with van der Waals surface area (Å²) in [5.74, 6) is -0.328. The lowest BCUT2D eigenvalue weighted by atomic mass is 9.86. The number of hydrogen-bond acceptors (Lipinski definition) is 2. The lowest BCUT2D eigenvalue weighted by molar-refractivity contribution is 0.1000. The second-order valence-electron chi connectivity index (χ2n) is 5.37. The molecule has 1 aliphatic rings. The second-order valence-corrected chi connectivity index (χ2v) is 5.37. The lowest BCUT2D eigenvalue weighted by Gasteiger charge is -2.34. The predicted octanol–water partition coefficient (Wildman–Crippen LogP) is 2.37. The van der Waals surface area contributed by atoms with Crippen LogP contribution in [0.1, 0.15) is 48.2 Å². The Bertz CT molecular complexity index is 456. The van der Waals surface area contributed by atoms with E-state index in [0.717, 1.165) is 25.9 Å². The number of carbonyl (C=O) groups excluding carboxylic acids is 1. The summed E-state index contributed by atoms with van der Waals surface area (Å²) in [6, 6.07) is 6.52. The highest BCUT2D eigenvalue weighted by Crippen LogP contribution is 2.25. The summed E-state index contributed by atoms with van der Waals surface area (Å²) >= 11 is 0. The van der Waals surface area contributed by atoms with Crippen molar-refractivity contribution in [2.24, 2.45) is 5.73 Å². The molecule has 1 aromatic rings. The van der Waals surface area contributed by atoms with Gasteiger partial charge < -0.3 is 10.6 Å². The van der Waals surface area contributed by atoms with Crippen LogP contribution in [0.15, 0.2) is 18.2 Å². The van der Waals surface area contributed by atoms with Crippen molar-refractivity contribution < 1.29 is 4.79 Å². The van der Waals surface area contributed by atoms with Crippen LogP contribution in [0.4, 0.5) is 0 Å². The molecule has 1 atom stereocenters. The lowest BCUT2D eigenvalue weighted by Crippen LogP contribution is -2.39. The molecule has 1 amide bonds. The van der Waals surface area contributed by atoms with Crippen LogP contribution in [0.3, 0.4) is 0 Å². The van der Waals surface area contributed by atoms with Gasteiger partial charge in [-0.05, 0) is 62.0 Å². The van der Waals surface area contributed by atoms with Gasteiger partial charge in [-0.25, -0.2) is 0 Å². The van der Waals surface area contributed by atoms with Crippen molar-refractivity contribution in [1.82, 2.24) is 4.90 Å². The number of carbonyl (C=O) groups is 1. The fourth-order valence-electron chi connectivity index (χ4n) is 3.09. The van der Waals surface area contributed by atoms with E-state index in [4.69, 9.17) is 5.73 Å². The third-order valence-corrected chi connectivity index (χ3v) is 4.13. The molecule has 1 aromatic carbocycles. The molecule has 0 bridgehead atoms. The zero-order valence-electron chi connectivity index (χ0n) is 12.0. The zero-order valence-corrected chi connectivity index (χ0v) is 12.0. The van der Waals surface area contributed by atoms with Gasteiger partial charge in [0.1, 0.15) is 0 Å². The number of hydrogen-bond donors (Lipinski definition) is 1. The molecule has 0 saturated carbocycles. The number of likely N-dealkylation sites (N-methyl/N-ethyl adjacent to an activating group) is 1. The van der Waals surface area contributed by atoms with Crippen LogP contribution in [0.2, 0.25) is 0 Å². The van der Waals surface area contributed by atoms with E-state index >= 15 is 0 Å². The van der Waals surface area contributed by atoms with Crippen molar-refractivity contribution in [2.75, 3.05) is 13.1 Å². The third-order valence-electron chi connectivity index (χ3n) is 4.13. The minimum atomic E-state index is -0.328. The van der Waals surface area contributed by atoms with Gasteiger partial charge in [0.2, 0.25) is 5.91 Å². The van der Waals surface area contributed by atoms with Crippen molar-refractivity contribution in [2.45, 2.75) is 45.6 Å². The number of amides is 1. The van der Waals surface area contributed by atoms with E-state index < -0.39 is 0 Å². The summed E-state index contributed by atoms with van der Waals surface area (Å²) in [5, 5.41) is 0. The number of aryl methyl sites for hydroxylation is 1. The molecule has 3 nitrogen and oxygen atoms in total. The van der Waals surface area contributed by atoms with E-state index in [1.54, 1.807) is 0 Å². The molecule has 0 saturated heterocycles. The number of primary amides is 1. The number of benzene rings is 1. The number of nitrogens with two attached hydrogens (primary N) is 1. The predicted molar refractivity (Wildman–Crippen MR) is 78.3 cm³/mol. The van der Waals surface area contributed by atoms with Crippen molar-refractivity contribution >= 4 is 5.91 Å². The molecule has 104 valence electrons. The van der Waals surface area contributed by atoms with Crippen LogP contribution in [-0.2, 0) is 12.8 Å².